The molecule has 0 aromatic heterocycles. The van der Waals surface area contributed by atoms with Gasteiger partial charge in [0, 0.05) is 25.3 Å². The number of carbonyl (C=O) groups excluding carboxylic acids is 2. The number of hydrazine groups is 1. The van der Waals surface area contributed by atoms with Crippen LogP contribution in [0.5, 0.6) is 0 Å². The highest BCUT2D eigenvalue weighted by Gasteiger charge is 2.50. The van der Waals surface area contributed by atoms with Crippen molar-refractivity contribution in [2.24, 2.45) is 11.8 Å². The third kappa shape index (κ3) is 4.47. The standard InChI is InChI=1S/C28H30N4O2/c1-19-13-14-20(2)25(15-19)29-27(33)23-17-31(16-21-9-5-3-6-10-21)18-24-26(23)30-32(28(24)34)22-11-7-4-8-12-22/h3-15,23-24,26,30H,16-18H2,1-2H3,(H,29,33). The summed E-state index contributed by atoms with van der Waals surface area (Å²) in [5, 5.41) is 4.78. The Labute approximate surface area is 200 Å². The van der Waals surface area contributed by atoms with E-state index in [1.807, 2.05) is 80.6 Å². The number of likely N-dealkylation sites (tertiary alicyclic amines) is 1. The largest absolute Gasteiger partial charge is 0.326 e. The summed E-state index contributed by atoms with van der Waals surface area (Å²) in [6.45, 7) is 5.91. The molecule has 3 unspecified atom stereocenters. The van der Waals surface area contributed by atoms with E-state index in [9.17, 15) is 9.59 Å². The van der Waals surface area contributed by atoms with Gasteiger partial charge < -0.3 is 5.32 Å². The summed E-state index contributed by atoms with van der Waals surface area (Å²) in [5.41, 5.74) is 8.29. The molecule has 5 rings (SSSR count). The SMILES string of the molecule is Cc1ccc(C)c(NC(=O)C2CN(Cc3ccccc3)CC3C(=O)N(c4ccccc4)NC23)c1. The van der Waals surface area contributed by atoms with E-state index in [2.05, 4.69) is 27.8 Å². The van der Waals surface area contributed by atoms with Crippen molar-refractivity contribution in [3.05, 3.63) is 95.6 Å². The second kappa shape index (κ2) is 9.41. The highest BCUT2D eigenvalue weighted by atomic mass is 16.2. The van der Waals surface area contributed by atoms with E-state index in [1.54, 1.807) is 5.01 Å². The van der Waals surface area contributed by atoms with Crippen molar-refractivity contribution in [1.29, 1.82) is 0 Å². The van der Waals surface area contributed by atoms with Gasteiger partial charge >= 0.3 is 0 Å². The summed E-state index contributed by atoms with van der Waals surface area (Å²) < 4.78 is 0. The molecule has 2 aliphatic heterocycles. The number of piperidine rings is 1. The van der Waals surface area contributed by atoms with E-state index in [4.69, 9.17) is 0 Å². The normalized spacial score (nSPS) is 22.5. The molecule has 34 heavy (non-hydrogen) atoms. The van der Waals surface area contributed by atoms with Gasteiger partial charge in [-0.05, 0) is 48.7 Å². The Bertz CT molecular complexity index is 1180. The topological polar surface area (TPSA) is 64.7 Å². The van der Waals surface area contributed by atoms with E-state index in [-0.39, 0.29) is 29.7 Å². The molecule has 2 saturated heterocycles. The molecule has 0 saturated carbocycles. The zero-order valence-electron chi connectivity index (χ0n) is 19.6. The van der Waals surface area contributed by atoms with Crippen molar-refractivity contribution in [2.45, 2.75) is 26.4 Å². The first-order chi connectivity index (χ1) is 16.5. The third-order valence-corrected chi connectivity index (χ3v) is 6.84. The summed E-state index contributed by atoms with van der Waals surface area (Å²) in [6, 6.07) is 25.6. The fraction of sp³-hybridized carbons (Fsp3) is 0.286. The molecular formula is C28H30N4O2. The molecule has 0 radical (unpaired) electrons. The van der Waals surface area contributed by atoms with Gasteiger partial charge in [-0.25, -0.2) is 10.4 Å². The summed E-state index contributed by atoms with van der Waals surface area (Å²) in [7, 11) is 0. The summed E-state index contributed by atoms with van der Waals surface area (Å²) in [4.78, 5) is 29.3. The molecule has 3 atom stereocenters. The molecule has 2 aliphatic rings. The van der Waals surface area contributed by atoms with Gasteiger partial charge in [0.2, 0.25) is 11.8 Å². The van der Waals surface area contributed by atoms with Gasteiger partial charge in [-0.1, -0.05) is 60.7 Å². The maximum Gasteiger partial charge on any atom is 0.247 e. The van der Waals surface area contributed by atoms with Crippen molar-refractivity contribution in [3.63, 3.8) is 0 Å². The highest BCUT2D eigenvalue weighted by Crippen LogP contribution is 2.33. The Morgan fingerprint density at radius 2 is 1.68 bits per heavy atom. The van der Waals surface area contributed by atoms with E-state index in [0.717, 1.165) is 22.5 Å². The average Bonchev–Trinajstić information content (AvgIpc) is 3.18. The molecule has 2 fully saturated rings. The fourth-order valence-electron chi connectivity index (χ4n) is 5.02. The van der Waals surface area contributed by atoms with Crippen molar-refractivity contribution < 1.29 is 9.59 Å². The number of para-hydroxylation sites is 1. The number of carbonyl (C=O) groups is 2. The molecular weight excluding hydrogens is 424 g/mol. The second-order valence-corrected chi connectivity index (χ2v) is 9.36. The number of fused-ring (bicyclic) bond motifs is 1. The van der Waals surface area contributed by atoms with Crippen LogP contribution in [0.4, 0.5) is 11.4 Å². The Morgan fingerprint density at radius 1 is 0.971 bits per heavy atom. The van der Waals surface area contributed by atoms with E-state index in [0.29, 0.717) is 19.6 Å². The van der Waals surface area contributed by atoms with Crippen LogP contribution in [-0.2, 0) is 16.1 Å². The number of amides is 2. The third-order valence-electron chi connectivity index (χ3n) is 6.84. The minimum atomic E-state index is -0.375. The first-order valence-corrected chi connectivity index (χ1v) is 11.8. The maximum absolute atomic E-state index is 13.6. The zero-order chi connectivity index (χ0) is 23.7. The van der Waals surface area contributed by atoms with E-state index < -0.39 is 0 Å². The van der Waals surface area contributed by atoms with Crippen LogP contribution >= 0.6 is 0 Å². The molecule has 3 aromatic carbocycles. The molecule has 2 N–H and O–H groups in total. The monoisotopic (exact) mass is 454 g/mol. The number of hydrogen-bond acceptors (Lipinski definition) is 4. The lowest BCUT2D eigenvalue weighted by molar-refractivity contribution is -0.126. The van der Waals surface area contributed by atoms with Gasteiger partial charge in [0.25, 0.3) is 0 Å². The van der Waals surface area contributed by atoms with Gasteiger partial charge in [0.15, 0.2) is 0 Å². The fourth-order valence-corrected chi connectivity index (χ4v) is 5.02. The molecule has 2 heterocycles. The van der Waals surface area contributed by atoms with Crippen LogP contribution in [0.2, 0.25) is 0 Å². The smallest absolute Gasteiger partial charge is 0.247 e. The molecule has 2 amide bonds. The Balaban J connectivity index is 1.43. The van der Waals surface area contributed by atoms with Crippen molar-refractivity contribution in [3.8, 4) is 0 Å². The summed E-state index contributed by atoms with van der Waals surface area (Å²) in [6.07, 6.45) is 0. The van der Waals surface area contributed by atoms with Crippen molar-refractivity contribution in [1.82, 2.24) is 10.3 Å². The zero-order valence-corrected chi connectivity index (χ0v) is 19.6. The lowest BCUT2D eigenvalue weighted by atomic mass is 9.83. The molecule has 0 aliphatic carbocycles. The van der Waals surface area contributed by atoms with Crippen LogP contribution in [0.3, 0.4) is 0 Å². The molecule has 6 heteroatoms. The van der Waals surface area contributed by atoms with E-state index >= 15 is 0 Å². The predicted molar refractivity (Wildman–Crippen MR) is 134 cm³/mol. The quantitative estimate of drug-likeness (QED) is 0.614. The number of nitrogens with zero attached hydrogens (tertiary/aromatic N) is 2. The van der Waals surface area contributed by atoms with Gasteiger partial charge in [0.05, 0.1) is 23.6 Å². The number of hydrogen-bond donors (Lipinski definition) is 2. The van der Waals surface area contributed by atoms with Crippen LogP contribution in [0, 0.1) is 25.7 Å². The van der Waals surface area contributed by atoms with Crippen molar-refractivity contribution >= 4 is 23.2 Å². The minimum absolute atomic E-state index is 0.0125. The van der Waals surface area contributed by atoms with Gasteiger partial charge in [0.1, 0.15) is 0 Å². The average molecular weight is 455 g/mol. The van der Waals surface area contributed by atoms with Crippen LogP contribution in [0.1, 0.15) is 16.7 Å². The number of aryl methyl sites for hydroxylation is 2. The van der Waals surface area contributed by atoms with Gasteiger partial charge in [-0.2, -0.15) is 0 Å². The lowest BCUT2D eigenvalue weighted by Crippen LogP contribution is -2.55. The Morgan fingerprint density at radius 3 is 2.41 bits per heavy atom. The number of benzene rings is 3. The first-order valence-electron chi connectivity index (χ1n) is 11.8. The van der Waals surface area contributed by atoms with Gasteiger partial charge in [-0.3, -0.25) is 14.5 Å². The minimum Gasteiger partial charge on any atom is -0.326 e. The van der Waals surface area contributed by atoms with Crippen molar-refractivity contribution in [2.75, 3.05) is 23.4 Å². The molecule has 0 bridgehead atoms. The van der Waals surface area contributed by atoms with Crippen LogP contribution in [0.25, 0.3) is 0 Å². The summed E-state index contributed by atoms with van der Waals surface area (Å²) >= 11 is 0. The molecule has 0 spiro atoms. The Hall–Kier alpha value is -3.48. The van der Waals surface area contributed by atoms with E-state index in [1.165, 1.54) is 5.56 Å². The highest BCUT2D eigenvalue weighted by molar-refractivity contribution is 6.00. The van der Waals surface area contributed by atoms with Crippen LogP contribution in [-0.4, -0.2) is 35.8 Å². The van der Waals surface area contributed by atoms with Crippen LogP contribution in [0.15, 0.2) is 78.9 Å². The maximum atomic E-state index is 13.6. The predicted octanol–water partition coefficient (Wildman–Crippen LogP) is 3.91. The second-order valence-electron chi connectivity index (χ2n) is 9.36. The first kappa shape index (κ1) is 22.3. The van der Waals surface area contributed by atoms with Gasteiger partial charge in [-0.15, -0.1) is 0 Å². The van der Waals surface area contributed by atoms with Crippen LogP contribution < -0.4 is 15.8 Å². The number of anilines is 2. The number of nitrogens with one attached hydrogen (secondary N) is 2. The lowest BCUT2D eigenvalue weighted by Gasteiger charge is -2.38. The Kier molecular flexibility index (Phi) is 6.18. The number of rotatable bonds is 5. The molecule has 6 nitrogen and oxygen atoms in total. The molecule has 3 aromatic rings. The molecule has 174 valence electrons. The summed E-state index contributed by atoms with van der Waals surface area (Å²) in [5.74, 6) is -0.720.